The molecule has 0 saturated carbocycles. The van der Waals surface area contributed by atoms with Crippen molar-refractivity contribution in [3.63, 3.8) is 0 Å². The van der Waals surface area contributed by atoms with Crippen molar-refractivity contribution in [1.29, 1.82) is 0 Å². The summed E-state index contributed by atoms with van der Waals surface area (Å²) < 4.78 is 26.9. The fourth-order valence-corrected chi connectivity index (χ4v) is 4.71. The summed E-state index contributed by atoms with van der Waals surface area (Å²) in [5.41, 5.74) is 2.30. The van der Waals surface area contributed by atoms with E-state index in [2.05, 4.69) is 22.3 Å². The summed E-state index contributed by atoms with van der Waals surface area (Å²) in [6.45, 7) is 2.57. The highest BCUT2D eigenvalue weighted by Crippen LogP contribution is 2.27. The van der Waals surface area contributed by atoms with E-state index in [0.717, 1.165) is 48.4 Å². The normalized spacial score (nSPS) is 19.3. The molecule has 8 heteroatoms. The first-order chi connectivity index (χ1) is 14.5. The molecular weight excluding hydrogens is 408 g/mol. The van der Waals surface area contributed by atoms with Gasteiger partial charge in [-0.1, -0.05) is 12.1 Å². The maximum atomic E-state index is 13.5. The Balaban J connectivity index is 1.32. The van der Waals surface area contributed by atoms with E-state index in [9.17, 15) is 18.4 Å². The summed E-state index contributed by atoms with van der Waals surface area (Å²) in [4.78, 5) is 28.4. The number of benzene rings is 2. The average Bonchev–Trinajstić information content (AvgIpc) is 3.14. The van der Waals surface area contributed by atoms with Crippen LogP contribution >= 0.6 is 11.8 Å². The van der Waals surface area contributed by atoms with Crippen LogP contribution in [0.5, 0.6) is 0 Å². The van der Waals surface area contributed by atoms with Crippen molar-refractivity contribution >= 4 is 35.0 Å². The molecule has 5 nitrogen and oxygen atoms in total. The third-order valence-corrected chi connectivity index (χ3v) is 6.38. The number of anilines is 2. The summed E-state index contributed by atoms with van der Waals surface area (Å²) in [5, 5.41) is 2.87. The van der Waals surface area contributed by atoms with Crippen LogP contribution in [0.15, 0.2) is 42.5 Å². The third-order valence-electron chi connectivity index (χ3n) is 5.43. The van der Waals surface area contributed by atoms with Gasteiger partial charge in [-0.25, -0.2) is 8.78 Å². The smallest absolute Gasteiger partial charge is 0.227 e. The minimum atomic E-state index is -0.752. The second-order valence-electron chi connectivity index (χ2n) is 7.52. The summed E-state index contributed by atoms with van der Waals surface area (Å²) in [7, 11) is 0. The first-order valence-corrected chi connectivity index (χ1v) is 11.1. The van der Waals surface area contributed by atoms with Gasteiger partial charge in [0.2, 0.25) is 11.8 Å². The first kappa shape index (κ1) is 20.7. The largest absolute Gasteiger partial charge is 0.370 e. The van der Waals surface area contributed by atoms with Crippen LogP contribution in [0.2, 0.25) is 0 Å². The molecule has 2 saturated heterocycles. The van der Waals surface area contributed by atoms with Gasteiger partial charge >= 0.3 is 0 Å². The molecule has 4 rings (SSSR count). The molecule has 0 aromatic heterocycles. The Morgan fingerprint density at radius 1 is 1.03 bits per heavy atom. The van der Waals surface area contributed by atoms with Gasteiger partial charge in [-0.3, -0.25) is 9.59 Å². The Hall–Kier alpha value is -2.61. The monoisotopic (exact) mass is 431 g/mol. The lowest BCUT2D eigenvalue weighted by Crippen LogP contribution is -2.33. The number of halogens is 2. The van der Waals surface area contributed by atoms with Crippen molar-refractivity contribution in [2.75, 3.05) is 40.9 Å². The van der Waals surface area contributed by atoms with E-state index in [1.54, 1.807) is 0 Å². The molecule has 2 aromatic carbocycles. The van der Waals surface area contributed by atoms with Gasteiger partial charge in [-0.05, 0) is 29.8 Å². The second kappa shape index (κ2) is 9.04. The molecule has 2 aliphatic rings. The summed E-state index contributed by atoms with van der Waals surface area (Å²) in [6.07, 6.45) is 0.0237. The number of rotatable bonds is 5. The zero-order chi connectivity index (χ0) is 21.1. The predicted molar refractivity (Wildman–Crippen MR) is 115 cm³/mol. The van der Waals surface area contributed by atoms with E-state index in [1.807, 2.05) is 23.9 Å². The van der Waals surface area contributed by atoms with Gasteiger partial charge in [-0.2, -0.15) is 11.8 Å². The van der Waals surface area contributed by atoms with Gasteiger partial charge in [0.05, 0.1) is 5.92 Å². The molecule has 2 fully saturated rings. The Morgan fingerprint density at radius 3 is 2.37 bits per heavy atom. The number of nitrogens with zero attached hydrogens (tertiary/aromatic N) is 2. The van der Waals surface area contributed by atoms with Crippen LogP contribution in [-0.2, 0) is 16.1 Å². The molecule has 158 valence electrons. The van der Waals surface area contributed by atoms with Crippen molar-refractivity contribution < 1.29 is 18.4 Å². The number of carbonyl (C=O) groups excluding carboxylic acids is 2. The average molecular weight is 432 g/mol. The van der Waals surface area contributed by atoms with Crippen LogP contribution in [-0.4, -0.2) is 43.0 Å². The van der Waals surface area contributed by atoms with Crippen LogP contribution in [0, 0.1) is 17.6 Å². The van der Waals surface area contributed by atoms with Crippen LogP contribution < -0.4 is 15.1 Å². The molecule has 1 unspecified atom stereocenters. The fraction of sp³-hybridized carbons (Fsp3) is 0.364. The molecule has 0 spiro atoms. The van der Waals surface area contributed by atoms with Crippen molar-refractivity contribution in [1.82, 2.24) is 5.32 Å². The van der Waals surface area contributed by atoms with Gasteiger partial charge in [0, 0.05) is 61.5 Å². The molecule has 1 atom stereocenters. The van der Waals surface area contributed by atoms with Crippen molar-refractivity contribution in [2.45, 2.75) is 13.0 Å². The fourth-order valence-electron chi connectivity index (χ4n) is 3.81. The van der Waals surface area contributed by atoms with E-state index in [1.165, 1.54) is 10.6 Å². The topological polar surface area (TPSA) is 52.7 Å². The standard InChI is InChI=1S/C22H23F2N3O2S/c23-17-10-18(24)12-20(11-17)27-14-16(9-21(27)28)22(29)25-13-15-1-3-19(4-2-15)26-5-7-30-8-6-26/h1-4,10-12,16H,5-9,13-14H2,(H,25,29). The van der Waals surface area contributed by atoms with E-state index < -0.39 is 17.6 Å². The van der Waals surface area contributed by atoms with Crippen molar-refractivity contribution in [3.8, 4) is 0 Å². The van der Waals surface area contributed by atoms with Crippen LogP contribution in [0.3, 0.4) is 0 Å². The molecular formula is C22H23F2N3O2S. The van der Waals surface area contributed by atoms with Gasteiger partial charge in [0.15, 0.2) is 0 Å². The third kappa shape index (κ3) is 4.75. The number of amides is 2. The number of hydrogen-bond donors (Lipinski definition) is 1. The maximum absolute atomic E-state index is 13.5. The van der Waals surface area contributed by atoms with E-state index in [0.29, 0.717) is 6.54 Å². The Morgan fingerprint density at radius 2 is 1.70 bits per heavy atom. The molecule has 2 aliphatic heterocycles. The lowest BCUT2D eigenvalue weighted by Gasteiger charge is -2.28. The van der Waals surface area contributed by atoms with Crippen LogP contribution in [0.25, 0.3) is 0 Å². The zero-order valence-electron chi connectivity index (χ0n) is 16.4. The lowest BCUT2D eigenvalue weighted by atomic mass is 10.1. The molecule has 0 bridgehead atoms. The van der Waals surface area contributed by atoms with Gasteiger partial charge < -0.3 is 15.1 Å². The number of hydrogen-bond acceptors (Lipinski definition) is 4. The highest BCUT2D eigenvalue weighted by molar-refractivity contribution is 7.99. The van der Waals surface area contributed by atoms with E-state index >= 15 is 0 Å². The molecule has 2 aromatic rings. The number of thioether (sulfide) groups is 1. The Bertz CT molecular complexity index is 912. The first-order valence-electron chi connectivity index (χ1n) is 9.95. The molecule has 2 amide bonds. The quantitative estimate of drug-likeness (QED) is 0.790. The summed E-state index contributed by atoms with van der Waals surface area (Å²) in [6, 6.07) is 11.1. The van der Waals surface area contributed by atoms with Crippen molar-refractivity contribution in [3.05, 3.63) is 59.7 Å². The van der Waals surface area contributed by atoms with Crippen LogP contribution in [0.1, 0.15) is 12.0 Å². The van der Waals surface area contributed by atoms with Gasteiger partial charge in [0.1, 0.15) is 11.6 Å². The molecule has 30 heavy (non-hydrogen) atoms. The SMILES string of the molecule is O=C(NCc1ccc(N2CCSCC2)cc1)C1CC(=O)N(c2cc(F)cc(F)c2)C1. The second-order valence-corrected chi connectivity index (χ2v) is 8.74. The molecule has 0 radical (unpaired) electrons. The molecule has 0 aliphatic carbocycles. The lowest BCUT2D eigenvalue weighted by molar-refractivity contribution is -0.126. The highest BCUT2D eigenvalue weighted by Gasteiger charge is 2.35. The van der Waals surface area contributed by atoms with E-state index in [-0.39, 0.29) is 30.5 Å². The summed E-state index contributed by atoms with van der Waals surface area (Å²) in [5.74, 6) is -0.332. The number of carbonyl (C=O) groups is 2. The predicted octanol–water partition coefficient (Wildman–Crippen LogP) is 3.19. The molecule has 1 N–H and O–H groups in total. The Kier molecular flexibility index (Phi) is 6.22. The van der Waals surface area contributed by atoms with Gasteiger partial charge in [0.25, 0.3) is 0 Å². The highest BCUT2D eigenvalue weighted by atomic mass is 32.2. The molecule has 2 heterocycles. The van der Waals surface area contributed by atoms with E-state index in [4.69, 9.17) is 0 Å². The van der Waals surface area contributed by atoms with Crippen LogP contribution in [0.4, 0.5) is 20.2 Å². The summed E-state index contributed by atoms with van der Waals surface area (Å²) >= 11 is 1.97. The zero-order valence-corrected chi connectivity index (χ0v) is 17.3. The van der Waals surface area contributed by atoms with Crippen molar-refractivity contribution in [2.24, 2.45) is 5.92 Å². The maximum Gasteiger partial charge on any atom is 0.227 e. The minimum absolute atomic E-state index is 0.0237. The number of nitrogens with one attached hydrogen (secondary N) is 1. The Labute approximate surface area is 178 Å². The minimum Gasteiger partial charge on any atom is -0.370 e. The van der Waals surface area contributed by atoms with Gasteiger partial charge in [-0.15, -0.1) is 0 Å².